The number of H-pyrrole nitrogens is 1. The lowest BCUT2D eigenvalue weighted by molar-refractivity contribution is 0.527. The highest BCUT2D eigenvalue weighted by atomic mass is 35.5. The Hall–Kier alpha value is -1.36. The van der Waals surface area contributed by atoms with Crippen molar-refractivity contribution in [3.05, 3.63) is 11.6 Å². The summed E-state index contributed by atoms with van der Waals surface area (Å²) in [4.78, 5) is 15.4. The molecule has 2 aromatic heterocycles. The van der Waals surface area contributed by atoms with E-state index in [1.54, 1.807) is 6.33 Å². The summed E-state index contributed by atoms with van der Waals surface area (Å²) in [6.45, 7) is 6.59. The minimum atomic E-state index is 0.216. The first-order chi connectivity index (χ1) is 8.56. The van der Waals surface area contributed by atoms with E-state index in [0.717, 1.165) is 17.8 Å². The molecule has 1 unspecified atom stereocenters. The highest BCUT2D eigenvalue weighted by Gasteiger charge is 2.11. The Morgan fingerprint density at radius 1 is 1.28 bits per heavy atom. The second-order valence-electron chi connectivity index (χ2n) is 4.96. The lowest BCUT2D eigenvalue weighted by Crippen LogP contribution is -2.17. The Labute approximate surface area is 111 Å². The minimum Gasteiger partial charge on any atom is -0.366 e. The number of imidazole rings is 1. The number of anilines is 1. The van der Waals surface area contributed by atoms with Crippen LogP contribution < -0.4 is 5.32 Å². The van der Waals surface area contributed by atoms with Crippen LogP contribution >= 0.6 is 11.6 Å². The van der Waals surface area contributed by atoms with Crippen LogP contribution in [-0.4, -0.2) is 26.0 Å². The molecule has 0 spiro atoms. The normalized spacial score (nSPS) is 13.2. The van der Waals surface area contributed by atoms with Gasteiger partial charge in [0.1, 0.15) is 5.52 Å². The molecule has 0 aliphatic carbocycles. The molecule has 6 heteroatoms. The van der Waals surface area contributed by atoms with Crippen molar-refractivity contribution in [1.82, 2.24) is 19.9 Å². The van der Waals surface area contributed by atoms with Gasteiger partial charge < -0.3 is 10.3 Å². The number of hydrogen-bond acceptors (Lipinski definition) is 4. The molecular formula is C12H18ClN5. The van der Waals surface area contributed by atoms with E-state index in [2.05, 4.69) is 46.0 Å². The number of aromatic nitrogens is 4. The van der Waals surface area contributed by atoms with Crippen LogP contribution in [0, 0.1) is 5.92 Å². The lowest BCUT2D eigenvalue weighted by Gasteiger charge is -2.15. The van der Waals surface area contributed by atoms with Crippen LogP contribution in [0.15, 0.2) is 6.33 Å². The summed E-state index contributed by atoms with van der Waals surface area (Å²) in [6, 6.07) is 0.338. The molecule has 1 atom stereocenters. The Kier molecular flexibility index (Phi) is 4.01. The summed E-state index contributed by atoms with van der Waals surface area (Å²) < 4.78 is 0. The van der Waals surface area contributed by atoms with Crippen LogP contribution in [-0.2, 0) is 0 Å². The Morgan fingerprint density at radius 2 is 2.06 bits per heavy atom. The fourth-order valence-corrected chi connectivity index (χ4v) is 1.96. The van der Waals surface area contributed by atoms with Gasteiger partial charge in [0.15, 0.2) is 11.5 Å². The summed E-state index contributed by atoms with van der Waals surface area (Å²) in [5.41, 5.74) is 1.39. The van der Waals surface area contributed by atoms with Crippen molar-refractivity contribution in [3.8, 4) is 0 Å². The van der Waals surface area contributed by atoms with Crippen LogP contribution in [0.25, 0.3) is 11.2 Å². The number of halogens is 1. The number of fused-ring (bicyclic) bond motifs is 1. The van der Waals surface area contributed by atoms with E-state index in [0.29, 0.717) is 17.6 Å². The first kappa shape index (κ1) is 13.1. The van der Waals surface area contributed by atoms with E-state index in [-0.39, 0.29) is 5.28 Å². The van der Waals surface area contributed by atoms with Crippen molar-refractivity contribution >= 4 is 28.6 Å². The van der Waals surface area contributed by atoms with Crippen LogP contribution in [0.5, 0.6) is 0 Å². The maximum Gasteiger partial charge on any atom is 0.226 e. The van der Waals surface area contributed by atoms with E-state index in [1.807, 2.05) is 0 Å². The third kappa shape index (κ3) is 3.10. The Balaban J connectivity index is 2.13. The highest BCUT2D eigenvalue weighted by molar-refractivity contribution is 6.28. The van der Waals surface area contributed by atoms with Crippen molar-refractivity contribution < 1.29 is 0 Å². The molecule has 0 amide bonds. The van der Waals surface area contributed by atoms with Crippen LogP contribution in [0.3, 0.4) is 0 Å². The molecule has 2 rings (SSSR count). The number of nitrogens with zero attached hydrogens (tertiary/aromatic N) is 3. The van der Waals surface area contributed by atoms with E-state index in [1.165, 1.54) is 6.42 Å². The van der Waals surface area contributed by atoms with Crippen molar-refractivity contribution in [2.24, 2.45) is 5.92 Å². The fraction of sp³-hybridized carbons (Fsp3) is 0.583. The number of rotatable bonds is 5. The van der Waals surface area contributed by atoms with Crippen LogP contribution in [0.2, 0.25) is 5.28 Å². The van der Waals surface area contributed by atoms with Crippen LogP contribution in [0.1, 0.15) is 33.6 Å². The maximum atomic E-state index is 5.88. The first-order valence-electron chi connectivity index (χ1n) is 6.19. The molecule has 0 saturated carbocycles. The minimum absolute atomic E-state index is 0.216. The smallest absolute Gasteiger partial charge is 0.226 e. The average Bonchev–Trinajstić information content (AvgIpc) is 2.74. The quantitative estimate of drug-likeness (QED) is 0.816. The van der Waals surface area contributed by atoms with E-state index >= 15 is 0 Å². The van der Waals surface area contributed by atoms with Crippen LogP contribution in [0.4, 0.5) is 5.82 Å². The molecule has 0 aromatic carbocycles. The summed E-state index contributed by atoms with van der Waals surface area (Å²) >= 11 is 5.88. The van der Waals surface area contributed by atoms with Gasteiger partial charge in [-0.1, -0.05) is 13.8 Å². The van der Waals surface area contributed by atoms with E-state index in [4.69, 9.17) is 11.6 Å². The number of hydrogen-bond donors (Lipinski definition) is 2. The molecule has 0 aliphatic rings. The fourth-order valence-electron chi connectivity index (χ4n) is 1.80. The summed E-state index contributed by atoms with van der Waals surface area (Å²) in [5.74, 6) is 1.43. The Morgan fingerprint density at radius 3 is 2.78 bits per heavy atom. The molecular weight excluding hydrogens is 250 g/mol. The van der Waals surface area contributed by atoms with Gasteiger partial charge >= 0.3 is 0 Å². The molecule has 2 aromatic rings. The average molecular weight is 268 g/mol. The molecule has 0 bridgehead atoms. The zero-order valence-corrected chi connectivity index (χ0v) is 11.6. The number of aromatic amines is 1. The van der Waals surface area contributed by atoms with Gasteiger partial charge in [-0.3, -0.25) is 0 Å². The van der Waals surface area contributed by atoms with Gasteiger partial charge in [-0.25, -0.2) is 4.98 Å². The molecule has 0 fully saturated rings. The second-order valence-corrected chi connectivity index (χ2v) is 5.30. The van der Waals surface area contributed by atoms with Gasteiger partial charge in [-0.15, -0.1) is 0 Å². The van der Waals surface area contributed by atoms with Gasteiger partial charge in [0.05, 0.1) is 6.33 Å². The molecule has 0 aliphatic heterocycles. The SMILES string of the molecule is CC(C)CCC(C)Nc1nc(Cl)nc2nc[nH]c12. The van der Waals surface area contributed by atoms with Crippen molar-refractivity contribution in [1.29, 1.82) is 0 Å². The maximum absolute atomic E-state index is 5.88. The zero-order chi connectivity index (χ0) is 13.1. The molecule has 2 heterocycles. The van der Waals surface area contributed by atoms with Gasteiger partial charge in [-0.2, -0.15) is 9.97 Å². The molecule has 98 valence electrons. The topological polar surface area (TPSA) is 66.5 Å². The summed E-state index contributed by atoms with van der Waals surface area (Å²) in [7, 11) is 0. The molecule has 2 N–H and O–H groups in total. The Bertz CT molecular complexity index is 522. The monoisotopic (exact) mass is 267 g/mol. The zero-order valence-electron chi connectivity index (χ0n) is 10.9. The predicted octanol–water partition coefficient (Wildman–Crippen LogP) is 3.24. The van der Waals surface area contributed by atoms with Gasteiger partial charge in [0.2, 0.25) is 5.28 Å². The molecule has 5 nitrogen and oxygen atoms in total. The van der Waals surface area contributed by atoms with Crippen molar-refractivity contribution in [3.63, 3.8) is 0 Å². The second kappa shape index (κ2) is 5.52. The molecule has 0 saturated heterocycles. The first-order valence-corrected chi connectivity index (χ1v) is 6.57. The van der Waals surface area contributed by atoms with Gasteiger partial charge in [-0.05, 0) is 37.3 Å². The molecule has 18 heavy (non-hydrogen) atoms. The van der Waals surface area contributed by atoms with Gasteiger partial charge in [0.25, 0.3) is 0 Å². The largest absolute Gasteiger partial charge is 0.366 e. The lowest BCUT2D eigenvalue weighted by atomic mass is 10.0. The summed E-state index contributed by atoms with van der Waals surface area (Å²) in [5, 5.41) is 3.58. The van der Waals surface area contributed by atoms with E-state index in [9.17, 15) is 0 Å². The summed E-state index contributed by atoms with van der Waals surface area (Å²) in [6.07, 6.45) is 3.87. The van der Waals surface area contributed by atoms with Crippen molar-refractivity contribution in [2.75, 3.05) is 5.32 Å². The highest BCUT2D eigenvalue weighted by Crippen LogP contribution is 2.20. The standard InChI is InChI=1S/C12H18ClN5/c1-7(2)4-5-8(3)16-11-9-10(15-6-14-9)17-12(13)18-11/h6-8H,4-5H2,1-3H3,(H2,14,15,16,17,18). The molecule has 0 radical (unpaired) electrons. The van der Waals surface area contributed by atoms with Gasteiger partial charge in [0, 0.05) is 6.04 Å². The predicted molar refractivity (Wildman–Crippen MR) is 73.9 cm³/mol. The number of nitrogens with one attached hydrogen (secondary N) is 2. The van der Waals surface area contributed by atoms with Crippen molar-refractivity contribution in [2.45, 2.75) is 39.7 Å². The van der Waals surface area contributed by atoms with E-state index < -0.39 is 0 Å². The third-order valence-electron chi connectivity index (χ3n) is 2.82. The third-order valence-corrected chi connectivity index (χ3v) is 2.99.